The van der Waals surface area contributed by atoms with E-state index >= 15 is 0 Å². The molecule has 0 aliphatic carbocycles. The molecular weight excluding hydrogens is 365 g/mol. The molecule has 27 heavy (non-hydrogen) atoms. The monoisotopic (exact) mass is 393 g/mol. The standard InChI is InChI=1S/C20H28NO5P/c1-14(2)26-27(23,17-10-7-15(8-11-17)21(3)4)20(22)18-12-9-16(24-5)13-19(18)25-6/h7-14,20,22H,1-6H3/t20-,27+/m1/s1. The van der Waals surface area contributed by atoms with Gasteiger partial charge in [0.25, 0.3) is 7.37 Å². The molecule has 7 heteroatoms. The van der Waals surface area contributed by atoms with Crippen molar-refractivity contribution in [3.8, 4) is 11.5 Å². The summed E-state index contributed by atoms with van der Waals surface area (Å²) in [5.74, 6) is -0.400. The highest BCUT2D eigenvalue weighted by Crippen LogP contribution is 2.60. The zero-order chi connectivity index (χ0) is 20.2. The average Bonchev–Trinajstić information content (AvgIpc) is 2.66. The first-order chi connectivity index (χ1) is 12.7. The van der Waals surface area contributed by atoms with Crippen LogP contribution in [0.4, 0.5) is 5.69 Å². The van der Waals surface area contributed by atoms with Gasteiger partial charge in [0.15, 0.2) is 5.85 Å². The van der Waals surface area contributed by atoms with Crippen molar-refractivity contribution in [2.45, 2.75) is 25.8 Å². The molecule has 0 amide bonds. The van der Waals surface area contributed by atoms with Crippen LogP contribution < -0.4 is 19.7 Å². The van der Waals surface area contributed by atoms with E-state index < -0.39 is 13.2 Å². The highest BCUT2D eigenvalue weighted by atomic mass is 31.2. The van der Waals surface area contributed by atoms with Crippen molar-refractivity contribution in [1.29, 1.82) is 0 Å². The highest BCUT2D eigenvalue weighted by molar-refractivity contribution is 7.67. The lowest BCUT2D eigenvalue weighted by atomic mass is 10.2. The number of benzene rings is 2. The smallest absolute Gasteiger partial charge is 0.264 e. The Morgan fingerprint density at radius 1 is 1.00 bits per heavy atom. The lowest BCUT2D eigenvalue weighted by Gasteiger charge is -2.27. The fourth-order valence-electron chi connectivity index (χ4n) is 2.75. The summed E-state index contributed by atoms with van der Waals surface area (Å²) in [4.78, 5) is 1.95. The number of aliphatic hydroxyl groups excluding tert-OH is 1. The highest BCUT2D eigenvalue weighted by Gasteiger charge is 2.39. The number of ether oxygens (including phenoxy) is 2. The van der Waals surface area contributed by atoms with Gasteiger partial charge in [-0.2, -0.15) is 0 Å². The van der Waals surface area contributed by atoms with E-state index in [1.165, 1.54) is 7.11 Å². The van der Waals surface area contributed by atoms with E-state index in [0.717, 1.165) is 5.69 Å². The molecule has 0 aromatic heterocycles. The maximum absolute atomic E-state index is 13.9. The summed E-state index contributed by atoms with van der Waals surface area (Å²) in [5.41, 5.74) is 1.35. The van der Waals surface area contributed by atoms with Gasteiger partial charge in [-0.05, 0) is 50.2 Å². The van der Waals surface area contributed by atoms with Crippen LogP contribution in [0.25, 0.3) is 0 Å². The molecule has 0 saturated carbocycles. The molecule has 6 nitrogen and oxygen atoms in total. The first kappa shape index (κ1) is 21.3. The molecule has 0 aliphatic rings. The third-order valence-electron chi connectivity index (χ3n) is 4.13. The second-order valence-corrected chi connectivity index (χ2v) is 9.05. The van der Waals surface area contributed by atoms with E-state index in [1.54, 1.807) is 51.3 Å². The average molecular weight is 393 g/mol. The molecule has 0 radical (unpaired) electrons. The van der Waals surface area contributed by atoms with Gasteiger partial charge in [-0.1, -0.05) is 0 Å². The molecule has 0 saturated heterocycles. The molecule has 2 aromatic rings. The predicted octanol–water partition coefficient (Wildman–Crippen LogP) is 3.79. The van der Waals surface area contributed by atoms with Crippen molar-refractivity contribution in [3.63, 3.8) is 0 Å². The summed E-state index contributed by atoms with van der Waals surface area (Å²) in [6, 6.07) is 12.2. The summed E-state index contributed by atoms with van der Waals surface area (Å²) in [6.07, 6.45) is -0.330. The number of hydrogen-bond donors (Lipinski definition) is 1. The summed E-state index contributed by atoms with van der Waals surface area (Å²) >= 11 is 0. The van der Waals surface area contributed by atoms with Crippen molar-refractivity contribution in [3.05, 3.63) is 48.0 Å². The van der Waals surface area contributed by atoms with E-state index in [4.69, 9.17) is 14.0 Å². The Balaban J connectivity index is 2.53. The number of aliphatic hydroxyl groups is 1. The van der Waals surface area contributed by atoms with Crippen LogP contribution in [0.15, 0.2) is 42.5 Å². The number of methoxy groups -OCH3 is 2. The minimum absolute atomic E-state index is 0.330. The predicted molar refractivity (Wildman–Crippen MR) is 109 cm³/mol. The number of hydrogen-bond acceptors (Lipinski definition) is 6. The van der Waals surface area contributed by atoms with Crippen LogP contribution in [0.5, 0.6) is 11.5 Å². The quantitative estimate of drug-likeness (QED) is 0.689. The van der Waals surface area contributed by atoms with E-state index in [1.807, 2.05) is 31.1 Å². The minimum Gasteiger partial charge on any atom is -0.497 e. The Morgan fingerprint density at radius 2 is 1.63 bits per heavy atom. The Labute approximate surface area is 161 Å². The molecule has 0 fully saturated rings. The second kappa shape index (κ2) is 8.79. The summed E-state index contributed by atoms with van der Waals surface area (Å²) in [5, 5.41) is 11.5. The SMILES string of the molecule is COc1ccc([C@H](O)[P@@](=O)(OC(C)C)c2ccc(N(C)C)cc2)c(OC)c1. The van der Waals surface area contributed by atoms with Crippen LogP contribution in [-0.4, -0.2) is 39.5 Å². The Morgan fingerprint density at radius 3 is 2.11 bits per heavy atom. The molecule has 1 N–H and O–H groups in total. The van der Waals surface area contributed by atoms with Crippen LogP contribution >= 0.6 is 7.37 Å². The first-order valence-corrected chi connectivity index (χ1v) is 10.4. The van der Waals surface area contributed by atoms with Gasteiger partial charge in [0.2, 0.25) is 0 Å². The number of nitrogens with zero attached hydrogens (tertiary/aromatic N) is 1. The van der Waals surface area contributed by atoms with E-state index in [-0.39, 0.29) is 6.10 Å². The maximum Gasteiger partial charge on any atom is 0.264 e. The van der Waals surface area contributed by atoms with Crippen LogP contribution in [0.1, 0.15) is 25.3 Å². The van der Waals surface area contributed by atoms with E-state index in [2.05, 4.69) is 0 Å². The topological polar surface area (TPSA) is 68.2 Å². The number of rotatable bonds is 8. The fraction of sp³-hybridized carbons (Fsp3) is 0.400. The third kappa shape index (κ3) is 4.64. The first-order valence-electron chi connectivity index (χ1n) is 8.69. The maximum atomic E-state index is 13.9. The lowest BCUT2D eigenvalue weighted by Crippen LogP contribution is -2.18. The Hall–Kier alpha value is -2.01. The third-order valence-corrected chi connectivity index (χ3v) is 6.81. The normalized spacial score (nSPS) is 14.5. The van der Waals surface area contributed by atoms with Gasteiger partial charge in [-0.3, -0.25) is 4.57 Å². The number of anilines is 1. The Kier molecular flexibility index (Phi) is 6.93. The molecule has 0 unspecified atom stereocenters. The molecule has 2 rings (SSSR count). The fourth-order valence-corrected chi connectivity index (χ4v) is 5.04. The van der Waals surface area contributed by atoms with Crippen molar-refractivity contribution in [2.24, 2.45) is 0 Å². The molecule has 0 heterocycles. The molecule has 0 aliphatic heterocycles. The van der Waals surface area contributed by atoms with Crippen LogP contribution in [0, 0.1) is 0 Å². The van der Waals surface area contributed by atoms with Gasteiger partial charge in [0.1, 0.15) is 11.5 Å². The molecule has 148 valence electrons. The molecule has 0 spiro atoms. The zero-order valence-corrected chi connectivity index (χ0v) is 17.6. The van der Waals surface area contributed by atoms with Crippen molar-refractivity contribution in [1.82, 2.24) is 0 Å². The van der Waals surface area contributed by atoms with Gasteiger partial charge in [-0.15, -0.1) is 0 Å². The molecule has 2 atom stereocenters. The Bertz CT molecular complexity index is 805. The van der Waals surface area contributed by atoms with Crippen molar-refractivity contribution < 1.29 is 23.7 Å². The van der Waals surface area contributed by atoms with Gasteiger partial charge >= 0.3 is 0 Å². The molecular formula is C20H28NO5P. The van der Waals surface area contributed by atoms with Gasteiger partial charge in [0.05, 0.1) is 20.3 Å². The van der Waals surface area contributed by atoms with Gasteiger partial charge < -0.3 is 24.0 Å². The minimum atomic E-state index is -3.64. The van der Waals surface area contributed by atoms with Gasteiger partial charge in [-0.25, -0.2) is 0 Å². The van der Waals surface area contributed by atoms with Crippen molar-refractivity contribution in [2.75, 3.05) is 33.2 Å². The molecule has 0 bridgehead atoms. The van der Waals surface area contributed by atoms with Crippen LogP contribution in [0.3, 0.4) is 0 Å². The summed E-state index contributed by atoms with van der Waals surface area (Å²) in [7, 11) is 3.25. The summed E-state index contributed by atoms with van der Waals surface area (Å²) < 4.78 is 30.2. The second-order valence-electron chi connectivity index (χ2n) is 6.64. The van der Waals surface area contributed by atoms with E-state index in [9.17, 15) is 9.67 Å². The largest absolute Gasteiger partial charge is 0.497 e. The van der Waals surface area contributed by atoms with Crippen LogP contribution in [-0.2, 0) is 9.09 Å². The van der Waals surface area contributed by atoms with Crippen molar-refractivity contribution >= 4 is 18.4 Å². The zero-order valence-electron chi connectivity index (χ0n) is 16.7. The van der Waals surface area contributed by atoms with Crippen LogP contribution in [0.2, 0.25) is 0 Å². The van der Waals surface area contributed by atoms with E-state index in [0.29, 0.717) is 22.4 Å². The molecule has 2 aromatic carbocycles. The lowest BCUT2D eigenvalue weighted by molar-refractivity contribution is 0.186. The van der Waals surface area contributed by atoms with Gasteiger partial charge in [0, 0.05) is 36.7 Å². The summed E-state index contributed by atoms with van der Waals surface area (Å²) in [6.45, 7) is 3.58.